The highest BCUT2D eigenvalue weighted by atomic mass is 35.5. The molecule has 24 heavy (non-hydrogen) atoms. The number of rotatable bonds is 5. The monoisotopic (exact) mass is 374 g/mol. The summed E-state index contributed by atoms with van der Waals surface area (Å²) in [6, 6.07) is 6.84. The van der Waals surface area contributed by atoms with Gasteiger partial charge in [0.05, 0.1) is 19.8 Å². The van der Waals surface area contributed by atoms with Gasteiger partial charge in [-0.1, -0.05) is 35.5 Å². The maximum atomic E-state index is 12.5. The Labute approximate surface area is 149 Å². The Kier molecular flexibility index (Phi) is 6.51. The Morgan fingerprint density at radius 2 is 1.79 bits per heavy atom. The van der Waals surface area contributed by atoms with E-state index >= 15 is 0 Å². The normalized spacial score (nSPS) is 22.7. The molecule has 0 aliphatic carbocycles. The van der Waals surface area contributed by atoms with Crippen LogP contribution >= 0.6 is 23.4 Å². The van der Waals surface area contributed by atoms with Gasteiger partial charge in [-0.2, -0.15) is 0 Å². The van der Waals surface area contributed by atoms with Gasteiger partial charge in [-0.25, -0.2) is 9.59 Å². The molecule has 1 aromatic carbocycles. The van der Waals surface area contributed by atoms with Crippen LogP contribution in [-0.4, -0.2) is 47.7 Å². The highest BCUT2D eigenvalue weighted by Gasteiger charge is 2.59. The number of aliphatic hydroxyl groups excluding tert-OH is 1. The van der Waals surface area contributed by atoms with E-state index in [2.05, 4.69) is 0 Å². The fourth-order valence-corrected chi connectivity index (χ4v) is 3.73. The maximum absolute atomic E-state index is 12.5. The first-order valence-corrected chi connectivity index (χ1v) is 8.78. The highest BCUT2D eigenvalue weighted by Crippen LogP contribution is 2.47. The van der Waals surface area contributed by atoms with E-state index in [9.17, 15) is 14.7 Å². The minimum Gasteiger partial charge on any atom is -0.464 e. The molecule has 1 saturated heterocycles. The second-order valence-corrected chi connectivity index (χ2v) is 6.77. The van der Waals surface area contributed by atoms with Gasteiger partial charge < -0.3 is 19.3 Å². The Balaban J connectivity index is 2.37. The Bertz CT molecular complexity index is 573. The molecule has 1 fully saturated rings. The molecule has 2 atom stereocenters. The SMILES string of the molecule is CCOC(=O)C1(C(=O)OCC)S[C@@H](c2ccc(Cl)cc2)OC[C@@H]1O. The van der Waals surface area contributed by atoms with Crippen molar-refractivity contribution in [1.29, 1.82) is 0 Å². The number of esters is 2. The van der Waals surface area contributed by atoms with Gasteiger partial charge in [-0.05, 0) is 31.5 Å². The van der Waals surface area contributed by atoms with E-state index in [1.54, 1.807) is 38.1 Å². The molecule has 2 rings (SSSR count). The van der Waals surface area contributed by atoms with Crippen LogP contribution in [0.2, 0.25) is 5.02 Å². The van der Waals surface area contributed by atoms with Gasteiger partial charge in [0, 0.05) is 5.02 Å². The van der Waals surface area contributed by atoms with Crippen molar-refractivity contribution in [3.8, 4) is 0 Å². The van der Waals surface area contributed by atoms with E-state index < -0.39 is 28.2 Å². The zero-order valence-electron chi connectivity index (χ0n) is 13.4. The summed E-state index contributed by atoms with van der Waals surface area (Å²) in [5.41, 5.74) is 0.0775. The quantitative estimate of drug-likeness (QED) is 0.625. The molecule has 0 saturated carbocycles. The van der Waals surface area contributed by atoms with Crippen molar-refractivity contribution >= 4 is 35.3 Å². The summed E-state index contributed by atoms with van der Waals surface area (Å²) in [6.07, 6.45) is -1.37. The summed E-state index contributed by atoms with van der Waals surface area (Å²) >= 11 is 6.76. The lowest BCUT2D eigenvalue weighted by Gasteiger charge is -2.39. The molecule has 1 aromatic rings. The number of halogens is 1. The minimum absolute atomic E-state index is 0.0831. The molecule has 132 valence electrons. The number of aliphatic hydroxyl groups is 1. The van der Waals surface area contributed by atoms with E-state index in [4.69, 9.17) is 25.8 Å². The van der Waals surface area contributed by atoms with E-state index in [-0.39, 0.29) is 19.8 Å². The number of hydrogen-bond acceptors (Lipinski definition) is 7. The number of hydrogen-bond donors (Lipinski definition) is 1. The van der Waals surface area contributed by atoms with Gasteiger partial charge in [-0.15, -0.1) is 0 Å². The van der Waals surface area contributed by atoms with E-state index in [1.807, 2.05) is 0 Å². The maximum Gasteiger partial charge on any atom is 0.336 e. The molecule has 0 radical (unpaired) electrons. The molecular formula is C16H19ClO6S. The second kappa shape index (κ2) is 8.20. The molecule has 1 heterocycles. The molecule has 0 bridgehead atoms. The molecule has 6 nitrogen and oxygen atoms in total. The molecular weight excluding hydrogens is 356 g/mol. The van der Waals surface area contributed by atoms with Gasteiger partial charge >= 0.3 is 11.9 Å². The van der Waals surface area contributed by atoms with E-state index in [0.29, 0.717) is 10.6 Å². The highest BCUT2D eigenvalue weighted by molar-refractivity contribution is 8.02. The van der Waals surface area contributed by atoms with E-state index in [0.717, 1.165) is 11.8 Å². The van der Waals surface area contributed by atoms with Crippen LogP contribution < -0.4 is 0 Å². The zero-order chi connectivity index (χ0) is 17.7. The Hall–Kier alpha value is -1.28. The third kappa shape index (κ3) is 3.69. The molecule has 1 aliphatic rings. The van der Waals surface area contributed by atoms with Crippen LogP contribution in [0, 0.1) is 0 Å². The molecule has 8 heteroatoms. The first-order valence-electron chi connectivity index (χ1n) is 7.53. The third-order valence-corrected chi connectivity index (χ3v) is 5.32. The third-order valence-electron chi connectivity index (χ3n) is 3.47. The summed E-state index contributed by atoms with van der Waals surface area (Å²) in [6.45, 7) is 3.23. The molecule has 0 amide bonds. The summed E-state index contributed by atoms with van der Waals surface area (Å²) < 4.78 is 13.8. The summed E-state index contributed by atoms with van der Waals surface area (Å²) in [7, 11) is 0. The smallest absolute Gasteiger partial charge is 0.336 e. The van der Waals surface area contributed by atoms with Crippen LogP contribution in [0.15, 0.2) is 24.3 Å². The van der Waals surface area contributed by atoms with Crippen LogP contribution in [0.1, 0.15) is 24.8 Å². The molecule has 0 spiro atoms. The number of carbonyl (C=O) groups excluding carboxylic acids is 2. The lowest BCUT2D eigenvalue weighted by molar-refractivity contribution is -0.166. The molecule has 1 N–H and O–H groups in total. The van der Waals surface area contributed by atoms with Crippen LogP contribution in [0.4, 0.5) is 0 Å². The van der Waals surface area contributed by atoms with Crippen molar-refractivity contribution in [3.63, 3.8) is 0 Å². The molecule has 1 aliphatic heterocycles. The van der Waals surface area contributed by atoms with Gasteiger partial charge in [-0.3, -0.25) is 0 Å². The van der Waals surface area contributed by atoms with Crippen molar-refractivity contribution in [2.24, 2.45) is 0 Å². The first-order chi connectivity index (χ1) is 11.5. The van der Waals surface area contributed by atoms with Crippen LogP contribution in [-0.2, 0) is 23.8 Å². The number of thioether (sulfide) groups is 1. The van der Waals surface area contributed by atoms with Gasteiger partial charge in [0.25, 0.3) is 0 Å². The molecule has 0 unspecified atom stereocenters. The Morgan fingerprint density at radius 1 is 1.25 bits per heavy atom. The largest absolute Gasteiger partial charge is 0.464 e. The van der Waals surface area contributed by atoms with Crippen molar-refractivity contribution in [2.75, 3.05) is 19.8 Å². The van der Waals surface area contributed by atoms with Gasteiger partial charge in [0.15, 0.2) is 0 Å². The van der Waals surface area contributed by atoms with Crippen molar-refractivity contribution in [3.05, 3.63) is 34.9 Å². The fourth-order valence-electron chi connectivity index (χ4n) is 2.29. The van der Waals surface area contributed by atoms with Crippen LogP contribution in [0.5, 0.6) is 0 Å². The first kappa shape index (κ1) is 19.1. The lowest BCUT2D eigenvalue weighted by atomic mass is 10.0. The van der Waals surface area contributed by atoms with Crippen molar-refractivity contribution in [2.45, 2.75) is 30.1 Å². The van der Waals surface area contributed by atoms with E-state index in [1.165, 1.54) is 0 Å². The van der Waals surface area contributed by atoms with Crippen LogP contribution in [0.25, 0.3) is 0 Å². The van der Waals surface area contributed by atoms with Crippen LogP contribution in [0.3, 0.4) is 0 Å². The summed E-state index contributed by atoms with van der Waals surface area (Å²) in [5, 5.41) is 10.9. The zero-order valence-corrected chi connectivity index (χ0v) is 14.9. The Morgan fingerprint density at radius 3 is 2.29 bits per heavy atom. The average molecular weight is 375 g/mol. The topological polar surface area (TPSA) is 82.1 Å². The van der Waals surface area contributed by atoms with Crippen molar-refractivity contribution in [1.82, 2.24) is 0 Å². The predicted octanol–water partition coefficient (Wildman–Crippen LogP) is 2.33. The summed E-state index contributed by atoms with van der Waals surface area (Å²) in [4.78, 5) is 25.0. The van der Waals surface area contributed by atoms with Gasteiger partial charge in [0.1, 0.15) is 11.5 Å². The predicted molar refractivity (Wildman–Crippen MR) is 89.7 cm³/mol. The van der Waals surface area contributed by atoms with Crippen molar-refractivity contribution < 1.29 is 28.9 Å². The lowest BCUT2D eigenvalue weighted by Crippen LogP contribution is -2.59. The average Bonchev–Trinajstić information content (AvgIpc) is 2.56. The standard InChI is InChI=1S/C16H19ClO6S/c1-3-21-14(19)16(15(20)22-4-2)12(18)9-23-13(24-16)10-5-7-11(17)8-6-10/h5-8,12-13,18H,3-4,9H2,1-2H3/t12-,13-/m0/s1. The number of ether oxygens (including phenoxy) is 3. The second-order valence-electron chi connectivity index (χ2n) is 5.03. The fraction of sp³-hybridized carbons (Fsp3) is 0.500. The minimum atomic E-state index is -1.88. The number of benzene rings is 1. The number of carbonyl (C=O) groups is 2. The summed E-state index contributed by atoms with van der Waals surface area (Å²) in [5.74, 6) is -1.66. The molecule has 0 aromatic heterocycles. The van der Waals surface area contributed by atoms with Gasteiger partial charge in [0.2, 0.25) is 4.75 Å².